The quantitative estimate of drug-likeness (QED) is 0.290. The second-order valence-electron chi connectivity index (χ2n) is 7.38. The molecule has 3 amide bonds. The zero-order valence-electron chi connectivity index (χ0n) is 19.5. The minimum Gasteiger partial charge on any atom is -0.453 e. The summed E-state index contributed by atoms with van der Waals surface area (Å²) < 4.78 is 39.8. The Bertz CT molecular complexity index is 1200. The summed E-state index contributed by atoms with van der Waals surface area (Å²) >= 11 is 0. The van der Waals surface area contributed by atoms with Crippen LogP contribution >= 0.6 is 0 Å². The molecular weight excluding hydrogens is 480 g/mol. The third-order valence-electron chi connectivity index (χ3n) is 4.13. The average Bonchev–Trinajstić information content (AvgIpc) is 2.79. The number of amides is 3. The van der Waals surface area contributed by atoms with Gasteiger partial charge in [0.25, 0.3) is 0 Å². The van der Waals surface area contributed by atoms with E-state index in [9.17, 15) is 22.8 Å². The monoisotopic (exact) mass is 506 g/mol. The highest BCUT2D eigenvalue weighted by atomic mass is 32.2. The number of benzene rings is 2. The summed E-state index contributed by atoms with van der Waals surface area (Å²) in [5, 5.41) is 7.45. The molecule has 0 saturated carbocycles. The summed E-state index contributed by atoms with van der Waals surface area (Å²) in [6.45, 7) is 3.72. The molecule has 0 unspecified atom stereocenters. The van der Waals surface area contributed by atoms with E-state index in [1.807, 2.05) is 13.8 Å². The number of hydrogen-bond acceptors (Lipinski definition) is 8. The van der Waals surface area contributed by atoms with Crippen molar-refractivity contribution < 1.29 is 36.5 Å². The van der Waals surface area contributed by atoms with E-state index in [1.54, 1.807) is 18.2 Å². The van der Waals surface area contributed by atoms with Crippen molar-refractivity contribution in [3.05, 3.63) is 48.5 Å². The Morgan fingerprint density at radius 3 is 2.23 bits per heavy atom. The van der Waals surface area contributed by atoms with E-state index >= 15 is 0 Å². The number of para-hydroxylation sites is 1. The third-order valence-corrected chi connectivity index (χ3v) is 5.38. The van der Waals surface area contributed by atoms with E-state index in [-0.39, 0.29) is 40.3 Å². The number of hydrogen-bond donors (Lipinski definition) is 3. The molecule has 0 aliphatic rings. The molecule has 0 fully saturated rings. The molecule has 0 atom stereocenters. The first-order valence-electron chi connectivity index (χ1n) is 10.3. The summed E-state index contributed by atoms with van der Waals surface area (Å²) in [7, 11) is -2.12. The Morgan fingerprint density at radius 1 is 0.943 bits per heavy atom. The maximum Gasteiger partial charge on any atom is 0.436 e. The van der Waals surface area contributed by atoms with Crippen LogP contribution in [0.5, 0.6) is 5.75 Å². The first-order valence-corrected chi connectivity index (χ1v) is 11.7. The summed E-state index contributed by atoms with van der Waals surface area (Å²) in [6.07, 6.45) is -1.84. The third kappa shape index (κ3) is 8.62. The zero-order valence-corrected chi connectivity index (χ0v) is 20.3. The molecule has 12 nitrogen and oxygen atoms in total. The van der Waals surface area contributed by atoms with E-state index in [1.165, 1.54) is 24.3 Å². The van der Waals surface area contributed by atoms with Gasteiger partial charge in [-0.25, -0.2) is 9.59 Å². The van der Waals surface area contributed by atoms with Gasteiger partial charge in [-0.15, -0.1) is 4.99 Å². The first-order chi connectivity index (χ1) is 16.5. The van der Waals surface area contributed by atoms with Gasteiger partial charge in [-0.2, -0.15) is 8.42 Å². The smallest absolute Gasteiger partial charge is 0.436 e. The summed E-state index contributed by atoms with van der Waals surface area (Å²) in [5.74, 6) is -0.632. The van der Waals surface area contributed by atoms with Gasteiger partial charge in [0, 0.05) is 6.42 Å². The molecule has 3 N–H and O–H groups in total. The Balaban J connectivity index is 2.49. The fourth-order valence-corrected chi connectivity index (χ4v) is 3.57. The van der Waals surface area contributed by atoms with E-state index in [4.69, 9.17) is 4.18 Å². The standard InChI is InChI=1S/C22H26N4O8S/c1-14(2)12-19(27)23-17-11-10-16(35(30,31)34-15-8-6-5-7-9-15)13-18(17)24-20(25-21(28)32-3)26-22(29)33-4/h5-11,13-14H,12H2,1-4H3,(H,23,27)(H2,24,25,26,28,29). The molecule has 188 valence electrons. The molecular formula is C22H26N4O8S. The molecule has 2 aromatic rings. The second kappa shape index (κ2) is 12.4. The Morgan fingerprint density at radius 2 is 1.63 bits per heavy atom. The van der Waals surface area contributed by atoms with Crippen molar-refractivity contribution in [3.8, 4) is 5.75 Å². The van der Waals surface area contributed by atoms with Gasteiger partial charge in [-0.05, 0) is 36.2 Å². The lowest BCUT2D eigenvalue weighted by molar-refractivity contribution is -0.116. The Labute approximate surface area is 202 Å². The van der Waals surface area contributed by atoms with E-state index in [2.05, 4.69) is 30.4 Å². The lowest BCUT2D eigenvalue weighted by Gasteiger charge is -2.17. The fourth-order valence-electron chi connectivity index (χ4n) is 2.61. The number of carbonyl (C=O) groups is 3. The van der Waals surface area contributed by atoms with Crippen LogP contribution in [0, 0.1) is 5.92 Å². The van der Waals surface area contributed by atoms with Crippen LogP contribution in [0.2, 0.25) is 0 Å². The molecule has 0 aliphatic heterocycles. The van der Waals surface area contributed by atoms with Crippen LogP contribution in [-0.2, 0) is 24.4 Å². The molecule has 0 spiro atoms. The normalized spacial score (nSPS) is 11.4. The molecule has 0 radical (unpaired) electrons. The van der Waals surface area contributed by atoms with Gasteiger partial charge in [-0.1, -0.05) is 32.0 Å². The Kier molecular flexibility index (Phi) is 9.58. The van der Waals surface area contributed by atoms with Crippen LogP contribution in [0.4, 0.5) is 21.0 Å². The van der Waals surface area contributed by atoms with Crippen LogP contribution in [0.1, 0.15) is 20.3 Å². The summed E-state index contributed by atoms with van der Waals surface area (Å²) in [6, 6.07) is 11.6. The highest BCUT2D eigenvalue weighted by molar-refractivity contribution is 7.87. The number of aliphatic imine (C=N–C) groups is 1. The van der Waals surface area contributed by atoms with Crippen LogP contribution < -0.4 is 20.1 Å². The van der Waals surface area contributed by atoms with Crippen LogP contribution in [0.3, 0.4) is 0 Å². The van der Waals surface area contributed by atoms with Crippen molar-refractivity contribution in [2.24, 2.45) is 10.9 Å². The summed E-state index contributed by atoms with van der Waals surface area (Å²) in [5.41, 5.74) is 0.137. The fraction of sp³-hybridized carbons (Fsp3) is 0.273. The molecule has 2 rings (SSSR count). The summed E-state index contributed by atoms with van der Waals surface area (Å²) in [4.78, 5) is 39.0. The van der Waals surface area contributed by atoms with E-state index < -0.39 is 28.3 Å². The van der Waals surface area contributed by atoms with Crippen molar-refractivity contribution in [1.29, 1.82) is 0 Å². The van der Waals surface area contributed by atoms with Crippen molar-refractivity contribution >= 4 is 45.5 Å². The van der Waals surface area contributed by atoms with Gasteiger partial charge in [0.15, 0.2) is 0 Å². The van der Waals surface area contributed by atoms with Crippen molar-refractivity contribution in [1.82, 2.24) is 5.32 Å². The van der Waals surface area contributed by atoms with Crippen molar-refractivity contribution in [2.45, 2.75) is 25.2 Å². The minimum absolute atomic E-state index is 0.0149. The predicted octanol–water partition coefficient (Wildman–Crippen LogP) is 3.33. The molecule has 0 bridgehead atoms. The number of methoxy groups -OCH3 is 2. The van der Waals surface area contributed by atoms with Crippen LogP contribution in [-0.4, -0.2) is 46.7 Å². The number of ether oxygens (including phenoxy) is 2. The average molecular weight is 507 g/mol. The number of alkyl carbamates (subject to hydrolysis) is 1. The number of nitrogens with zero attached hydrogens (tertiary/aromatic N) is 1. The lowest BCUT2D eigenvalue weighted by Crippen LogP contribution is -2.37. The number of guanidine groups is 1. The van der Waals surface area contributed by atoms with Gasteiger partial charge in [0.2, 0.25) is 11.9 Å². The lowest BCUT2D eigenvalue weighted by atomic mass is 10.1. The van der Waals surface area contributed by atoms with Gasteiger partial charge in [-0.3, -0.25) is 10.1 Å². The van der Waals surface area contributed by atoms with E-state index in [0.717, 1.165) is 20.3 Å². The topological polar surface area (TPSA) is 161 Å². The number of nitrogens with one attached hydrogen (secondary N) is 3. The highest BCUT2D eigenvalue weighted by Gasteiger charge is 2.21. The van der Waals surface area contributed by atoms with Gasteiger partial charge in [0.05, 0.1) is 25.6 Å². The molecule has 0 saturated heterocycles. The largest absolute Gasteiger partial charge is 0.453 e. The van der Waals surface area contributed by atoms with Gasteiger partial charge < -0.3 is 24.3 Å². The minimum atomic E-state index is -4.29. The van der Waals surface area contributed by atoms with Crippen molar-refractivity contribution in [2.75, 3.05) is 24.9 Å². The van der Waals surface area contributed by atoms with E-state index in [0.29, 0.717) is 0 Å². The number of rotatable bonds is 7. The molecule has 13 heteroatoms. The van der Waals surface area contributed by atoms with Gasteiger partial charge in [0.1, 0.15) is 10.6 Å². The van der Waals surface area contributed by atoms with Crippen molar-refractivity contribution in [3.63, 3.8) is 0 Å². The zero-order chi connectivity index (χ0) is 26.0. The predicted molar refractivity (Wildman–Crippen MR) is 128 cm³/mol. The number of carbonyl (C=O) groups excluding carboxylic acids is 3. The highest BCUT2D eigenvalue weighted by Crippen LogP contribution is 2.28. The maximum absolute atomic E-state index is 12.8. The number of anilines is 2. The molecule has 0 aliphatic carbocycles. The maximum atomic E-state index is 12.8. The van der Waals surface area contributed by atoms with Gasteiger partial charge >= 0.3 is 22.3 Å². The molecule has 2 aromatic carbocycles. The second-order valence-corrected chi connectivity index (χ2v) is 8.92. The SMILES string of the molecule is COC(=O)N=C(NC(=O)OC)Nc1cc(S(=O)(=O)Oc2ccccc2)ccc1NC(=O)CC(C)C. The Hall–Kier alpha value is -4.13. The first kappa shape index (κ1) is 27.1. The van der Waals surface area contributed by atoms with Crippen LogP contribution in [0.25, 0.3) is 0 Å². The molecule has 0 aromatic heterocycles. The molecule has 0 heterocycles. The van der Waals surface area contributed by atoms with Crippen LogP contribution in [0.15, 0.2) is 58.4 Å². The molecule has 35 heavy (non-hydrogen) atoms.